The molecule has 2 N–H and O–H groups in total. The minimum atomic E-state index is -0.250. The van der Waals surface area contributed by atoms with E-state index >= 15 is 0 Å². The molecule has 1 aliphatic rings. The zero-order chi connectivity index (χ0) is 15.5. The number of carbonyl (C=O) groups excluding carboxylic acids is 1. The van der Waals surface area contributed by atoms with Crippen molar-refractivity contribution in [1.82, 2.24) is 4.90 Å². The first-order chi connectivity index (χ1) is 10.6. The number of hydrogen-bond donors (Lipinski definition) is 1. The van der Waals surface area contributed by atoms with Crippen molar-refractivity contribution in [3.05, 3.63) is 70.2 Å². The van der Waals surface area contributed by atoms with Crippen LogP contribution in [0.1, 0.15) is 29.2 Å². The molecule has 1 unspecified atom stereocenters. The summed E-state index contributed by atoms with van der Waals surface area (Å²) >= 11 is 6.02. The molecule has 0 spiro atoms. The van der Waals surface area contributed by atoms with Gasteiger partial charge in [0.1, 0.15) is 0 Å². The van der Waals surface area contributed by atoms with Crippen LogP contribution in [0.4, 0.5) is 0 Å². The quantitative estimate of drug-likeness (QED) is 0.944. The molecule has 1 amide bonds. The monoisotopic (exact) mass is 314 g/mol. The van der Waals surface area contributed by atoms with Gasteiger partial charge in [-0.25, -0.2) is 0 Å². The van der Waals surface area contributed by atoms with Crippen LogP contribution >= 0.6 is 11.6 Å². The number of halogens is 1. The van der Waals surface area contributed by atoms with Gasteiger partial charge < -0.3 is 10.6 Å². The first-order valence-electron chi connectivity index (χ1n) is 7.49. The van der Waals surface area contributed by atoms with Crippen LogP contribution in [0.2, 0.25) is 5.02 Å². The normalized spacial score (nSPS) is 15.3. The summed E-state index contributed by atoms with van der Waals surface area (Å²) < 4.78 is 0. The van der Waals surface area contributed by atoms with Crippen LogP contribution in [0.5, 0.6) is 0 Å². The molecule has 0 saturated carbocycles. The van der Waals surface area contributed by atoms with Gasteiger partial charge in [0.2, 0.25) is 5.91 Å². The predicted octanol–water partition coefficient (Wildman–Crippen LogP) is 3.31. The van der Waals surface area contributed by atoms with E-state index in [0.717, 1.165) is 23.6 Å². The minimum Gasteiger partial charge on any atom is -0.338 e. The van der Waals surface area contributed by atoms with E-state index in [0.29, 0.717) is 13.0 Å². The van der Waals surface area contributed by atoms with Crippen LogP contribution in [0.25, 0.3) is 0 Å². The highest BCUT2D eigenvalue weighted by atomic mass is 35.5. The summed E-state index contributed by atoms with van der Waals surface area (Å²) in [6.45, 7) is 1.38. The molecule has 2 aromatic carbocycles. The fourth-order valence-corrected chi connectivity index (χ4v) is 3.06. The van der Waals surface area contributed by atoms with E-state index in [1.54, 1.807) is 0 Å². The summed E-state index contributed by atoms with van der Waals surface area (Å²) in [7, 11) is 0. The molecular formula is C18H19ClN2O. The molecule has 3 rings (SSSR count). The number of fused-ring (bicyclic) bond motifs is 1. The Morgan fingerprint density at radius 2 is 1.95 bits per heavy atom. The molecule has 0 aliphatic carbocycles. The van der Waals surface area contributed by atoms with E-state index in [2.05, 4.69) is 0 Å². The van der Waals surface area contributed by atoms with Gasteiger partial charge in [-0.3, -0.25) is 4.79 Å². The second-order valence-corrected chi connectivity index (χ2v) is 6.14. The van der Waals surface area contributed by atoms with Crippen LogP contribution in [0.3, 0.4) is 0 Å². The molecule has 22 heavy (non-hydrogen) atoms. The maximum Gasteiger partial charge on any atom is 0.224 e. The van der Waals surface area contributed by atoms with Gasteiger partial charge in [0.25, 0.3) is 0 Å². The van der Waals surface area contributed by atoms with Crippen LogP contribution < -0.4 is 5.73 Å². The summed E-state index contributed by atoms with van der Waals surface area (Å²) in [5, 5.41) is 0.754. The third kappa shape index (κ3) is 3.32. The molecule has 0 fully saturated rings. The lowest BCUT2D eigenvalue weighted by Gasteiger charge is -2.30. The highest BCUT2D eigenvalue weighted by Gasteiger charge is 2.22. The summed E-state index contributed by atoms with van der Waals surface area (Å²) in [6, 6.07) is 15.4. The Hall–Kier alpha value is -1.84. The number of amides is 1. The molecule has 0 bridgehead atoms. The lowest BCUT2D eigenvalue weighted by atomic mass is 9.98. The van der Waals surface area contributed by atoms with Crippen molar-refractivity contribution in [1.29, 1.82) is 0 Å². The standard InChI is InChI=1S/C18H19ClN2O/c19-16-7-6-15-12-21(9-8-14(15)10-16)18(22)11-17(20)13-4-2-1-3-5-13/h1-7,10,17H,8-9,11-12,20H2. The van der Waals surface area contributed by atoms with Crippen LogP contribution in [-0.4, -0.2) is 17.4 Å². The average Bonchev–Trinajstić information content (AvgIpc) is 2.55. The number of nitrogens with zero attached hydrogens (tertiary/aromatic N) is 1. The minimum absolute atomic E-state index is 0.108. The Kier molecular flexibility index (Phi) is 4.46. The van der Waals surface area contributed by atoms with Crippen LogP contribution in [0.15, 0.2) is 48.5 Å². The molecule has 3 nitrogen and oxygen atoms in total. The molecule has 114 valence electrons. The number of nitrogens with two attached hydrogens (primary N) is 1. The van der Waals surface area contributed by atoms with Crippen molar-refractivity contribution in [3.8, 4) is 0 Å². The predicted molar refractivity (Wildman–Crippen MR) is 88.6 cm³/mol. The summed E-state index contributed by atoms with van der Waals surface area (Å²) in [4.78, 5) is 14.4. The molecule has 0 radical (unpaired) electrons. The van der Waals surface area contributed by atoms with Crippen molar-refractivity contribution < 1.29 is 4.79 Å². The molecule has 0 aromatic heterocycles. The van der Waals surface area contributed by atoms with Gasteiger partial charge in [-0.2, -0.15) is 0 Å². The van der Waals surface area contributed by atoms with E-state index in [-0.39, 0.29) is 11.9 Å². The summed E-state index contributed by atoms with van der Waals surface area (Å²) in [6.07, 6.45) is 1.19. The van der Waals surface area contributed by atoms with Crippen LogP contribution in [0, 0.1) is 0 Å². The largest absolute Gasteiger partial charge is 0.338 e. The number of benzene rings is 2. The average molecular weight is 315 g/mol. The number of carbonyl (C=O) groups is 1. The highest BCUT2D eigenvalue weighted by molar-refractivity contribution is 6.30. The molecule has 1 heterocycles. The Bertz CT molecular complexity index is 672. The first-order valence-corrected chi connectivity index (χ1v) is 7.87. The van der Waals surface area contributed by atoms with Gasteiger partial charge >= 0.3 is 0 Å². The fourth-order valence-electron chi connectivity index (χ4n) is 2.87. The lowest BCUT2D eigenvalue weighted by molar-refractivity contribution is -0.132. The smallest absolute Gasteiger partial charge is 0.224 e. The van der Waals surface area contributed by atoms with Gasteiger partial charge in [-0.1, -0.05) is 48.0 Å². The number of rotatable bonds is 3. The lowest BCUT2D eigenvalue weighted by Crippen LogP contribution is -2.37. The summed E-state index contributed by atoms with van der Waals surface area (Å²) in [5.74, 6) is 0.108. The first kappa shape index (κ1) is 15.1. The Balaban J connectivity index is 1.65. The molecule has 1 atom stereocenters. The SMILES string of the molecule is NC(CC(=O)N1CCc2cc(Cl)ccc2C1)c1ccccc1. The Morgan fingerprint density at radius 1 is 1.18 bits per heavy atom. The second-order valence-electron chi connectivity index (χ2n) is 5.70. The van der Waals surface area contributed by atoms with Crippen molar-refractivity contribution in [2.45, 2.75) is 25.4 Å². The van der Waals surface area contributed by atoms with Gasteiger partial charge in [0.15, 0.2) is 0 Å². The molecule has 0 saturated heterocycles. The van der Waals surface area contributed by atoms with Crippen molar-refractivity contribution >= 4 is 17.5 Å². The Labute approximate surface area is 135 Å². The van der Waals surface area contributed by atoms with E-state index in [4.69, 9.17) is 17.3 Å². The highest BCUT2D eigenvalue weighted by Crippen LogP contribution is 2.24. The van der Waals surface area contributed by atoms with Gasteiger partial charge in [0, 0.05) is 30.6 Å². The van der Waals surface area contributed by atoms with Gasteiger partial charge in [-0.15, -0.1) is 0 Å². The molecule has 4 heteroatoms. The maximum atomic E-state index is 12.5. The molecular weight excluding hydrogens is 296 g/mol. The third-order valence-electron chi connectivity index (χ3n) is 4.16. The summed E-state index contributed by atoms with van der Waals surface area (Å²) in [5.41, 5.74) is 9.57. The molecule has 2 aromatic rings. The maximum absolute atomic E-state index is 12.5. The van der Waals surface area contributed by atoms with E-state index in [1.165, 1.54) is 11.1 Å². The zero-order valence-electron chi connectivity index (χ0n) is 12.3. The zero-order valence-corrected chi connectivity index (χ0v) is 13.1. The Morgan fingerprint density at radius 3 is 2.73 bits per heavy atom. The van der Waals surface area contributed by atoms with Gasteiger partial charge in [0.05, 0.1) is 0 Å². The fraction of sp³-hybridized carbons (Fsp3) is 0.278. The second kappa shape index (κ2) is 6.51. The third-order valence-corrected chi connectivity index (χ3v) is 4.39. The van der Waals surface area contributed by atoms with E-state index < -0.39 is 0 Å². The van der Waals surface area contributed by atoms with Crippen LogP contribution in [-0.2, 0) is 17.8 Å². The van der Waals surface area contributed by atoms with Crippen molar-refractivity contribution in [2.75, 3.05) is 6.54 Å². The van der Waals surface area contributed by atoms with Crippen molar-refractivity contribution in [2.24, 2.45) is 5.73 Å². The van der Waals surface area contributed by atoms with E-state index in [9.17, 15) is 4.79 Å². The van der Waals surface area contributed by atoms with E-state index in [1.807, 2.05) is 53.4 Å². The van der Waals surface area contributed by atoms with Gasteiger partial charge in [-0.05, 0) is 35.2 Å². The number of hydrogen-bond acceptors (Lipinski definition) is 2. The topological polar surface area (TPSA) is 46.3 Å². The molecule has 1 aliphatic heterocycles. The van der Waals surface area contributed by atoms with Crippen molar-refractivity contribution in [3.63, 3.8) is 0 Å².